The number of carbonyl (C=O) groups excluding carboxylic acids is 2. The third-order valence-corrected chi connectivity index (χ3v) is 4.38. The van der Waals surface area contributed by atoms with Crippen molar-refractivity contribution in [2.45, 2.75) is 24.1 Å². The van der Waals surface area contributed by atoms with E-state index in [0.717, 1.165) is 24.6 Å². The molecule has 1 aromatic carbocycles. The Bertz CT molecular complexity index is 778. The number of halogens is 1. The van der Waals surface area contributed by atoms with E-state index in [1.165, 1.54) is 17.0 Å². The van der Waals surface area contributed by atoms with Crippen molar-refractivity contribution in [3.05, 3.63) is 30.1 Å². The molecule has 0 atom stereocenters. The minimum absolute atomic E-state index is 0.0141. The van der Waals surface area contributed by atoms with E-state index in [1.54, 1.807) is 19.2 Å². The largest absolute Gasteiger partial charge is 0.411 e. The van der Waals surface area contributed by atoms with Gasteiger partial charge in [-0.2, -0.15) is 0 Å². The van der Waals surface area contributed by atoms with Crippen LogP contribution in [0.5, 0.6) is 0 Å². The number of thioether (sulfide) groups is 1. The summed E-state index contributed by atoms with van der Waals surface area (Å²) in [6.45, 7) is 0.0141. The molecule has 0 spiro atoms. The van der Waals surface area contributed by atoms with Crippen molar-refractivity contribution in [2.75, 3.05) is 19.3 Å². The molecule has 1 fully saturated rings. The first-order chi connectivity index (χ1) is 12.0. The zero-order valence-electron chi connectivity index (χ0n) is 13.6. The van der Waals surface area contributed by atoms with E-state index >= 15 is 0 Å². The fourth-order valence-electron chi connectivity index (χ4n) is 2.05. The van der Waals surface area contributed by atoms with E-state index in [2.05, 4.69) is 15.5 Å². The maximum absolute atomic E-state index is 13.7. The Morgan fingerprint density at radius 2 is 2.12 bits per heavy atom. The SMILES string of the molecule is CN(CC(=O)NC1CC1)C(=O)CSc1nnc(-c2ccccc2F)o1. The van der Waals surface area contributed by atoms with Crippen molar-refractivity contribution < 1.29 is 18.4 Å². The van der Waals surface area contributed by atoms with E-state index in [-0.39, 0.29) is 46.8 Å². The number of likely N-dealkylation sites (N-methyl/N-ethyl adjacent to an activating group) is 1. The van der Waals surface area contributed by atoms with Gasteiger partial charge in [0.15, 0.2) is 0 Å². The molecule has 2 aromatic rings. The lowest BCUT2D eigenvalue weighted by atomic mass is 10.2. The number of hydrogen-bond acceptors (Lipinski definition) is 6. The molecule has 1 saturated carbocycles. The van der Waals surface area contributed by atoms with Crippen molar-refractivity contribution in [3.8, 4) is 11.5 Å². The molecule has 3 rings (SSSR count). The van der Waals surface area contributed by atoms with Gasteiger partial charge in [-0.3, -0.25) is 9.59 Å². The average Bonchev–Trinajstić information content (AvgIpc) is 3.27. The quantitative estimate of drug-likeness (QED) is 0.753. The zero-order valence-corrected chi connectivity index (χ0v) is 14.4. The summed E-state index contributed by atoms with van der Waals surface area (Å²) in [5.74, 6) is -0.749. The van der Waals surface area contributed by atoms with Crippen molar-refractivity contribution in [3.63, 3.8) is 0 Å². The highest BCUT2D eigenvalue weighted by molar-refractivity contribution is 7.99. The smallest absolute Gasteiger partial charge is 0.277 e. The summed E-state index contributed by atoms with van der Waals surface area (Å²) < 4.78 is 19.1. The molecule has 0 radical (unpaired) electrons. The summed E-state index contributed by atoms with van der Waals surface area (Å²) in [7, 11) is 1.56. The number of hydrogen-bond donors (Lipinski definition) is 1. The monoisotopic (exact) mass is 364 g/mol. The number of nitrogens with zero attached hydrogens (tertiary/aromatic N) is 3. The van der Waals surface area contributed by atoms with Crippen LogP contribution in [0.25, 0.3) is 11.5 Å². The Labute approximate surface area is 148 Å². The van der Waals surface area contributed by atoms with Crippen LogP contribution in [-0.2, 0) is 9.59 Å². The number of carbonyl (C=O) groups is 2. The highest BCUT2D eigenvalue weighted by Gasteiger charge is 2.24. The van der Waals surface area contributed by atoms with Gasteiger partial charge in [-0.05, 0) is 25.0 Å². The van der Waals surface area contributed by atoms with Crippen LogP contribution in [0.4, 0.5) is 4.39 Å². The Balaban J connectivity index is 1.50. The molecule has 1 aromatic heterocycles. The topological polar surface area (TPSA) is 88.3 Å². The van der Waals surface area contributed by atoms with Crippen molar-refractivity contribution in [1.82, 2.24) is 20.4 Å². The molecule has 9 heteroatoms. The van der Waals surface area contributed by atoms with Gasteiger partial charge >= 0.3 is 0 Å². The molecule has 1 aliphatic carbocycles. The molecule has 0 unspecified atom stereocenters. The summed E-state index contributed by atoms with van der Waals surface area (Å²) in [6.07, 6.45) is 2.00. The summed E-state index contributed by atoms with van der Waals surface area (Å²) in [4.78, 5) is 25.1. The maximum Gasteiger partial charge on any atom is 0.277 e. The van der Waals surface area contributed by atoms with Crippen LogP contribution in [0, 0.1) is 5.82 Å². The summed E-state index contributed by atoms with van der Waals surface area (Å²) in [5, 5.41) is 10.6. The van der Waals surface area contributed by atoms with Crippen LogP contribution in [0.2, 0.25) is 0 Å². The second kappa shape index (κ2) is 7.64. The molecular weight excluding hydrogens is 347 g/mol. The highest BCUT2D eigenvalue weighted by Crippen LogP contribution is 2.25. The lowest BCUT2D eigenvalue weighted by Gasteiger charge is -2.15. The van der Waals surface area contributed by atoms with Gasteiger partial charge in [-0.25, -0.2) is 4.39 Å². The van der Waals surface area contributed by atoms with Gasteiger partial charge in [-0.15, -0.1) is 10.2 Å². The number of benzene rings is 1. The molecule has 7 nitrogen and oxygen atoms in total. The van der Waals surface area contributed by atoms with Gasteiger partial charge in [-0.1, -0.05) is 23.9 Å². The lowest BCUT2D eigenvalue weighted by molar-refractivity contribution is -0.132. The summed E-state index contributed by atoms with van der Waals surface area (Å²) in [5.41, 5.74) is 0.210. The number of rotatable bonds is 7. The van der Waals surface area contributed by atoms with Crippen LogP contribution >= 0.6 is 11.8 Å². The second-order valence-electron chi connectivity index (χ2n) is 5.73. The molecule has 1 aliphatic rings. The van der Waals surface area contributed by atoms with E-state index < -0.39 is 5.82 Å². The van der Waals surface area contributed by atoms with Gasteiger partial charge < -0.3 is 14.6 Å². The first-order valence-electron chi connectivity index (χ1n) is 7.77. The number of aromatic nitrogens is 2. The van der Waals surface area contributed by atoms with E-state index in [9.17, 15) is 14.0 Å². The standard InChI is InChI=1S/C16H17FN4O3S/c1-21(8-13(22)18-10-6-7-10)14(23)9-25-16-20-19-15(24-16)11-4-2-3-5-12(11)17/h2-5,10H,6-9H2,1H3,(H,18,22). The normalized spacial score (nSPS) is 13.5. The van der Waals surface area contributed by atoms with Crippen molar-refractivity contribution in [2.24, 2.45) is 0 Å². The zero-order chi connectivity index (χ0) is 17.8. The van der Waals surface area contributed by atoms with Crippen LogP contribution < -0.4 is 5.32 Å². The Morgan fingerprint density at radius 1 is 1.36 bits per heavy atom. The minimum Gasteiger partial charge on any atom is -0.411 e. The van der Waals surface area contributed by atoms with Gasteiger partial charge in [0.1, 0.15) is 5.82 Å². The van der Waals surface area contributed by atoms with E-state index in [0.29, 0.717) is 0 Å². The van der Waals surface area contributed by atoms with Crippen LogP contribution in [-0.4, -0.2) is 52.3 Å². The maximum atomic E-state index is 13.7. The third-order valence-electron chi connectivity index (χ3n) is 3.58. The third kappa shape index (κ3) is 4.79. The predicted octanol–water partition coefficient (Wildman–Crippen LogP) is 1.70. The number of nitrogens with one attached hydrogen (secondary N) is 1. The van der Waals surface area contributed by atoms with Gasteiger partial charge in [0.2, 0.25) is 11.8 Å². The Hall–Kier alpha value is -2.42. The molecular formula is C16H17FN4O3S. The minimum atomic E-state index is -0.458. The van der Waals surface area contributed by atoms with E-state index in [1.807, 2.05) is 0 Å². The molecule has 25 heavy (non-hydrogen) atoms. The molecule has 0 bridgehead atoms. The molecule has 0 saturated heterocycles. The first kappa shape index (κ1) is 17.4. The van der Waals surface area contributed by atoms with Crippen LogP contribution in [0.15, 0.2) is 33.9 Å². The van der Waals surface area contributed by atoms with Crippen LogP contribution in [0.1, 0.15) is 12.8 Å². The molecule has 132 valence electrons. The van der Waals surface area contributed by atoms with Crippen LogP contribution in [0.3, 0.4) is 0 Å². The van der Waals surface area contributed by atoms with Crippen molar-refractivity contribution in [1.29, 1.82) is 0 Å². The van der Waals surface area contributed by atoms with E-state index in [4.69, 9.17) is 4.42 Å². The second-order valence-corrected chi connectivity index (χ2v) is 6.66. The Morgan fingerprint density at radius 3 is 2.84 bits per heavy atom. The molecule has 0 aliphatic heterocycles. The predicted molar refractivity (Wildman–Crippen MR) is 89.2 cm³/mol. The number of amides is 2. The fourth-order valence-corrected chi connectivity index (χ4v) is 2.75. The molecule has 2 amide bonds. The molecule has 1 heterocycles. The lowest BCUT2D eigenvalue weighted by Crippen LogP contribution is -2.39. The first-order valence-corrected chi connectivity index (χ1v) is 8.76. The van der Waals surface area contributed by atoms with Crippen molar-refractivity contribution >= 4 is 23.6 Å². The molecule has 1 N–H and O–H groups in total. The fraction of sp³-hybridized carbons (Fsp3) is 0.375. The van der Waals surface area contributed by atoms with Gasteiger partial charge in [0.05, 0.1) is 17.9 Å². The summed E-state index contributed by atoms with van der Waals surface area (Å²) in [6, 6.07) is 6.34. The highest BCUT2D eigenvalue weighted by atomic mass is 32.2. The average molecular weight is 364 g/mol. The van der Waals surface area contributed by atoms with Gasteiger partial charge in [0, 0.05) is 13.1 Å². The summed E-state index contributed by atoms with van der Waals surface area (Å²) >= 11 is 1.05. The Kier molecular flexibility index (Phi) is 5.32. The van der Waals surface area contributed by atoms with Gasteiger partial charge in [0.25, 0.3) is 11.1 Å².